The molecule has 3 rings (SSSR count). The van der Waals surface area contributed by atoms with Gasteiger partial charge in [0, 0.05) is 19.7 Å². The third kappa shape index (κ3) is 3.24. The molecule has 2 fully saturated rings. The first-order valence-electron chi connectivity index (χ1n) is 7.74. The molecule has 116 valence electrons. The van der Waals surface area contributed by atoms with Crippen molar-refractivity contribution in [3.63, 3.8) is 0 Å². The van der Waals surface area contributed by atoms with Crippen molar-refractivity contribution in [2.24, 2.45) is 11.3 Å². The van der Waals surface area contributed by atoms with Gasteiger partial charge < -0.3 is 10.4 Å². The lowest BCUT2D eigenvalue weighted by Crippen LogP contribution is -2.32. The predicted octanol–water partition coefficient (Wildman–Crippen LogP) is 2.27. The van der Waals surface area contributed by atoms with E-state index in [1.807, 2.05) is 0 Å². The van der Waals surface area contributed by atoms with Crippen LogP contribution < -0.4 is 10.9 Å². The van der Waals surface area contributed by atoms with Crippen LogP contribution in [0.2, 0.25) is 5.02 Å². The molecule has 1 aromatic heterocycles. The van der Waals surface area contributed by atoms with Gasteiger partial charge in [-0.2, -0.15) is 5.10 Å². The molecule has 6 heteroatoms. The first-order chi connectivity index (χ1) is 10.1. The number of anilines is 1. The third-order valence-electron chi connectivity index (χ3n) is 4.89. The molecule has 2 aliphatic rings. The molecule has 0 atom stereocenters. The van der Waals surface area contributed by atoms with E-state index in [1.165, 1.54) is 23.9 Å². The van der Waals surface area contributed by atoms with Crippen LogP contribution in [-0.2, 0) is 6.54 Å². The van der Waals surface area contributed by atoms with E-state index in [-0.39, 0.29) is 17.6 Å². The second-order valence-corrected chi connectivity index (χ2v) is 6.89. The molecule has 2 aliphatic carbocycles. The summed E-state index contributed by atoms with van der Waals surface area (Å²) in [7, 11) is 0. The van der Waals surface area contributed by atoms with Crippen LogP contribution in [-0.4, -0.2) is 28.0 Å². The molecule has 1 heterocycles. The Morgan fingerprint density at radius 3 is 2.81 bits per heavy atom. The van der Waals surface area contributed by atoms with Gasteiger partial charge in [-0.1, -0.05) is 18.0 Å². The fourth-order valence-electron chi connectivity index (χ4n) is 2.88. The van der Waals surface area contributed by atoms with E-state index in [9.17, 15) is 4.79 Å². The lowest BCUT2D eigenvalue weighted by Gasteiger charge is -2.25. The smallest absolute Gasteiger partial charge is 0.291 e. The number of nitrogens with zero attached hydrogens (tertiary/aromatic N) is 2. The van der Waals surface area contributed by atoms with Crippen LogP contribution in [0.5, 0.6) is 0 Å². The number of rotatable bonds is 7. The minimum atomic E-state index is -0.130. The average Bonchev–Trinajstić information content (AvgIpc) is 3.16. The number of aliphatic hydroxyl groups is 1. The first-order valence-corrected chi connectivity index (χ1v) is 8.12. The minimum absolute atomic E-state index is 0.130. The highest BCUT2D eigenvalue weighted by Crippen LogP contribution is 2.48. The molecule has 2 N–H and O–H groups in total. The normalized spacial score (nSPS) is 20.1. The van der Waals surface area contributed by atoms with Gasteiger partial charge in [0.2, 0.25) is 0 Å². The molecular weight excluding hydrogens is 290 g/mol. The maximum atomic E-state index is 12.5. The Morgan fingerprint density at radius 1 is 1.48 bits per heavy atom. The molecule has 0 radical (unpaired) electrons. The molecule has 0 unspecified atom stereocenters. The minimum Gasteiger partial charge on any atom is -0.396 e. The summed E-state index contributed by atoms with van der Waals surface area (Å²) in [6, 6.07) is 0. The van der Waals surface area contributed by atoms with Crippen LogP contribution in [0.25, 0.3) is 0 Å². The van der Waals surface area contributed by atoms with E-state index in [2.05, 4.69) is 10.4 Å². The van der Waals surface area contributed by atoms with Crippen molar-refractivity contribution in [3.8, 4) is 0 Å². The van der Waals surface area contributed by atoms with Gasteiger partial charge >= 0.3 is 0 Å². The average molecular weight is 312 g/mol. The summed E-state index contributed by atoms with van der Waals surface area (Å²) < 4.78 is 1.53. The number of aromatic nitrogens is 2. The molecule has 0 aromatic carbocycles. The topological polar surface area (TPSA) is 67.2 Å². The number of aliphatic hydroxyl groups excluding tert-OH is 1. The molecule has 0 aliphatic heterocycles. The van der Waals surface area contributed by atoms with E-state index >= 15 is 0 Å². The summed E-state index contributed by atoms with van der Waals surface area (Å²) in [5.74, 6) is 0.577. The van der Waals surface area contributed by atoms with E-state index in [1.54, 1.807) is 6.20 Å². The summed E-state index contributed by atoms with van der Waals surface area (Å²) >= 11 is 6.12. The Labute approximate surface area is 129 Å². The largest absolute Gasteiger partial charge is 0.396 e. The molecule has 0 bridgehead atoms. The van der Waals surface area contributed by atoms with Gasteiger partial charge in [0.15, 0.2) is 0 Å². The van der Waals surface area contributed by atoms with Gasteiger partial charge in [-0.25, -0.2) is 4.68 Å². The molecule has 2 saturated carbocycles. The fourth-order valence-corrected chi connectivity index (χ4v) is 3.07. The van der Waals surface area contributed by atoms with Gasteiger partial charge in [-0.15, -0.1) is 0 Å². The van der Waals surface area contributed by atoms with Crippen molar-refractivity contribution in [3.05, 3.63) is 21.6 Å². The second kappa shape index (κ2) is 5.97. The Bertz CT molecular complexity index is 565. The highest BCUT2D eigenvalue weighted by molar-refractivity contribution is 6.32. The van der Waals surface area contributed by atoms with Crippen LogP contribution in [0.4, 0.5) is 5.69 Å². The van der Waals surface area contributed by atoms with Crippen LogP contribution in [0.15, 0.2) is 11.0 Å². The van der Waals surface area contributed by atoms with Crippen molar-refractivity contribution in [1.82, 2.24) is 9.78 Å². The van der Waals surface area contributed by atoms with Crippen LogP contribution in [0, 0.1) is 11.3 Å². The van der Waals surface area contributed by atoms with Crippen molar-refractivity contribution in [2.75, 3.05) is 18.5 Å². The van der Waals surface area contributed by atoms with Gasteiger partial charge in [0.05, 0.1) is 11.2 Å². The van der Waals surface area contributed by atoms with Gasteiger partial charge in [0.25, 0.3) is 5.56 Å². The Morgan fingerprint density at radius 2 is 2.24 bits per heavy atom. The number of halogens is 1. The quantitative estimate of drug-likeness (QED) is 0.810. The van der Waals surface area contributed by atoms with Crippen LogP contribution >= 0.6 is 11.6 Å². The van der Waals surface area contributed by atoms with Gasteiger partial charge in [0.1, 0.15) is 5.69 Å². The van der Waals surface area contributed by atoms with Crippen LogP contribution in [0.1, 0.15) is 38.5 Å². The highest BCUT2D eigenvalue weighted by atomic mass is 35.5. The van der Waals surface area contributed by atoms with Crippen molar-refractivity contribution < 1.29 is 5.11 Å². The van der Waals surface area contributed by atoms with Crippen molar-refractivity contribution in [1.29, 1.82) is 0 Å². The fraction of sp³-hybridized carbons (Fsp3) is 0.733. The molecule has 0 saturated heterocycles. The SMILES string of the molecule is O=c1c(NCC2(CCO)CC2)c(Cl)cnn1CC1CCC1. The van der Waals surface area contributed by atoms with Gasteiger partial charge in [-0.05, 0) is 43.4 Å². The number of hydrogen-bond donors (Lipinski definition) is 2. The van der Waals surface area contributed by atoms with Crippen molar-refractivity contribution in [2.45, 2.75) is 45.1 Å². The molecule has 1 aromatic rings. The Kier molecular flexibility index (Phi) is 4.22. The zero-order valence-electron chi connectivity index (χ0n) is 12.1. The monoisotopic (exact) mass is 311 g/mol. The maximum Gasteiger partial charge on any atom is 0.291 e. The molecule has 21 heavy (non-hydrogen) atoms. The zero-order chi connectivity index (χ0) is 14.9. The number of hydrogen-bond acceptors (Lipinski definition) is 4. The van der Waals surface area contributed by atoms with E-state index in [4.69, 9.17) is 16.7 Å². The first kappa shape index (κ1) is 14.9. The van der Waals surface area contributed by atoms with Crippen LogP contribution in [0.3, 0.4) is 0 Å². The lowest BCUT2D eigenvalue weighted by atomic mass is 9.85. The molecular formula is C15H22ClN3O2. The second-order valence-electron chi connectivity index (χ2n) is 6.48. The summed E-state index contributed by atoms with van der Waals surface area (Å²) in [4.78, 5) is 12.5. The Balaban J connectivity index is 1.71. The molecule has 0 amide bonds. The summed E-state index contributed by atoms with van der Waals surface area (Å²) in [6.45, 7) is 1.57. The molecule has 0 spiro atoms. The van der Waals surface area contributed by atoms with E-state index < -0.39 is 0 Å². The summed E-state index contributed by atoms with van der Waals surface area (Å²) in [5, 5.41) is 16.8. The summed E-state index contributed by atoms with van der Waals surface area (Å²) in [6.07, 6.45) is 8.13. The number of nitrogens with one attached hydrogen (secondary N) is 1. The predicted molar refractivity (Wildman–Crippen MR) is 82.7 cm³/mol. The maximum absolute atomic E-state index is 12.5. The van der Waals surface area contributed by atoms with E-state index in [0.29, 0.717) is 29.7 Å². The summed E-state index contributed by atoms with van der Waals surface area (Å²) in [5.41, 5.74) is 0.469. The molecule has 5 nitrogen and oxygen atoms in total. The zero-order valence-corrected chi connectivity index (χ0v) is 12.9. The lowest BCUT2D eigenvalue weighted by molar-refractivity contribution is 0.253. The third-order valence-corrected chi connectivity index (χ3v) is 5.18. The van der Waals surface area contributed by atoms with Gasteiger partial charge in [-0.3, -0.25) is 4.79 Å². The Hall–Kier alpha value is -1.07. The van der Waals surface area contributed by atoms with Crippen molar-refractivity contribution >= 4 is 17.3 Å². The standard InChI is InChI=1S/C15H22ClN3O2/c16-12-8-18-19(9-11-2-1-3-11)14(21)13(12)17-10-15(4-5-15)6-7-20/h8,11,17,20H,1-7,9-10H2. The highest BCUT2D eigenvalue weighted by Gasteiger charge is 2.41. The van der Waals surface area contributed by atoms with E-state index in [0.717, 1.165) is 19.3 Å².